The average Bonchev–Trinajstić information content (AvgIpc) is 3.19. The number of halogens is 2. The number of hydrogen-bond acceptors (Lipinski definition) is 8. The second-order valence-corrected chi connectivity index (χ2v) is 12.3. The summed E-state index contributed by atoms with van der Waals surface area (Å²) in [4.78, 5) is 15.8. The maximum Gasteiger partial charge on any atom is 1.00 e. The molecular formula is C30H20F2NaO6PS2. The molecule has 6 nitrogen and oxygen atoms in total. The number of ether oxygens (including phenoxy) is 2. The largest absolute Gasteiger partial charge is 1.00 e. The van der Waals surface area contributed by atoms with Crippen molar-refractivity contribution < 1.29 is 66.3 Å². The van der Waals surface area contributed by atoms with E-state index in [0.717, 1.165) is 0 Å². The first kappa shape index (κ1) is 30.8. The minimum Gasteiger partial charge on any atom is -0.736 e. The Hall–Kier alpha value is -2.69. The molecule has 0 spiro atoms. The first-order valence-electron chi connectivity index (χ1n) is 12.2. The summed E-state index contributed by atoms with van der Waals surface area (Å²) in [6.07, 6.45) is 3.04. The Balaban J connectivity index is 0.00000353. The van der Waals surface area contributed by atoms with Gasteiger partial charge in [0.25, 0.3) is 0 Å². The van der Waals surface area contributed by atoms with Gasteiger partial charge in [-0.1, -0.05) is 47.8 Å². The SMILES string of the molecule is COc1cccc2c1Sc1cc(F)ccc1C=C2OP(=O)([O-])OC1=Cc2ccc(F)cc2Sc2c(OC)cccc21.[Na+]. The molecule has 0 aromatic heterocycles. The van der Waals surface area contributed by atoms with Crippen molar-refractivity contribution >= 4 is 55.0 Å². The van der Waals surface area contributed by atoms with Crippen molar-refractivity contribution in [2.45, 2.75) is 19.6 Å². The molecule has 0 bridgehead atoms. The van der Waals surface area contributed by atoms with Gasteiger partial charge in [-0.15, -0.1) is 0 Å². The van der Waals surface area contributed by atoms with E-state index in [0.29, 0.717) is 53.3 Å². The van der Waals surface area contributed by atoms with E-state index in [-0.39, 0.29) is 41.1 Å². The summed E-state index contributed by atoms with van der Waals surface area (Å²) in [5, 5.41) is 0. The van der Waals surface area contributed by atoms with Crippen LogP contribution in [0.1, 0.15) is 22.3 Å². The molecule has 0 amide bonds. The maximum atomic E-state index is 14.1. The number of hydrogen-bond donors (Lipinski definition) is 0. The van der Waals surface area contributed by atoms with E-state index in [1.807, 2.05) is 0 Å². The van der Waals surface area contributed by atoms with E-state index in [1.54, 1.807) is 48.5 Å². The predicted octanol–water partition coefficient (Wildman–Crippen LogP) is 5.11. The van der Waals surface area contributed by atoms with Crippen LogP contribution in [-0.4, -0.2) is 14.2 Å². The van der Waals surface area contributed by atoms with Crippen molar-refractivity contribution in [1.29, 1.82) is 0 Å². The summed E-state index contributed by atoms with van der Waals surface area (Å²) >= 11 is 2.47. The third-order valence-corrected chi connectivity index (χ3v) is 9.54. The van der Waals surface area contributed by atoms with Gasteiger partial charge in [-0.25, -0.2) is 13.3 Å². The first-order valence-corrected chi connectivity index (χ1v) is 15.3. The molecule has 42 heavy (non-hydrogen) atoms. The van der Waals surface area contributed by atoms with Crippen molar-refractivity contribution in [2.24, 2.45) is 0 Å². The number of phosphoric acid groups is 1. The zero-order valence-electron chi connectivity index (χ0n) is 22.6. The molecule has 2 aliphatic heterocycles. The van der Waals surface area contributed by atoms with E-state index < -0.39 is 19.5 Å². The van der Waals surface area contributed by atoms with Crippen LogP contribution in [0.25, 0.3) is 23.7 Å². The van der Waals surface area contributed by atoms with Gasteiger partial charge in [0.2, 0.25) is 0 Å². The molecule has 0 saturated heterocycles. The monoisotopic (exact) mass is 632 g/mol. The van der Waals surface area contributed by atoms with E-state index in [2.05, 4.69) is 0 Å². The minimum atomic E-state index is -5.10. The molecule has 0 saturated carbocycles. The Bertz CT molecular complexity index is 1690. The minimum absolute atomic E-state index is 0. The molecule has 0 radical (unpaired) electrons. The van der Waals surface area contributed by atoms with Gasteiger partial charge in [-0.2, -0.15) is 0 Å². The Labute approximate surface area is 271 Å². The van der Waals surface area contributed by atoms with Gasteiger partial charge in [-0.3, -0.25) is 0 Å². The van der Waals surface area contributed by atoms with Gasteiger partial charge >= 0.3 is 37.4 Å². The van der Waals surface area contributed by atoms with E-state index >= 15 is 0 Å². The average molecular weight is 633 g/mol. The van der Waals surface area contributed by atoms with Gasteiger partial charge in [0.05, 0.1) is 24.0 Å². The van der Waals surface area contributed by atoms with Crippen LogP contribution in [0, 0.1) is 11.6 Å². The molecule has 6 rings (SSSR count). The van der Waals surface area contributed by atoms with Crippen molar-refractivity contribution in [3.8, 4) is 11.5 Å². The van der Waals surface area contributed by atoms with Crippen LogP contribution < -0.4 is 43.9 Å². The van der Waals surface area contributed by atoms with Gasteiger partial charge in [0.1, 0.15) is 34.7 Å². The molecule has 0 fully saturated rings. The summed E-state index contributed by atoms with van der Waals surface area (Å²) in [6.45, 7) is 0. The number of rotatable bonds is 6. The molecule has 0 aliphatic carbocycles. The molecule has 12 heteroatoms. The van der Waals surface area contributed by atoms with Crippen LogP contribution in [0.4, 0.5) is 8.78 Å². The summed E-state index contributed by atoms with van der Waals surface area (Å²) < 4.78 is 64.0. The van der Waals surface area contributed by atoms with Gasteiger partial charge in [0.15, 0.2) is 0 Å². The molecule has 2 aliphatic rings. The number of fused-ring (bicyclic) bond motifs is 4. The predicted molar refractivity (Wildman–Crippen MR) is 153 cm³/mol. The number of phosphoric ester groups is 1. The molecule has 208 valence electrons. The molecule has 2 heterocycles. The Morgan fingerprint density at radius 1 is 0.690 bits per heavy atom. The van der Waals surface area contributed by atoms with Gasteiger partial charge in [-0.05, 0) is 71.8 Å². The smallest absolute Gasteiger partial charge is 0.736 e. The van der Waals surface area contributed by atoms with Crippen LogP contribution in [0.5, 0.6) is 11.5 Å². The Kier molecular flexibility index (Phi) is 9.16. The van der Waals surface area contributed by atoms with Crippen LogP contribution in [-0.2, 0) is 13.6 Å². The second-order valence-electron chi connectivity index (χ2n) is 8.89. The quantitative estimate of drug-likeness (QED) is 0.215. The molecule has 0 unspecified atom stereocenters. The molecule has 4 aromatic carbocycles. The zero-order chi connectivity index (χ0) is 28.7. The Morgan fingerprint density at radius 2 is 1.12 bits per heavy atom. The summed E-state index contributed by atoms with van der Waals surface area (Å²) in [6, 6.07) is 18.6. The van der Waals surface area contributed by atoms with Crippen molar-refractivity contribution in [1.82, 2.24) is 0 Å². The van der Waals surface area contributed by atoms with Gasteiger partial charge < -0.3 is 23.4 Å². The van der Waals surface area contributed by atoms with Crippen LogP contribution in [0.15, 0.2) is 92.4 Å². The van der Waals surface area contributed by atoms with Crippen LogP contribution >= 0.6 is 31.3 Å². The number of methoxy groups -OCH3 is 2. The van der Waals surface area contributed by atoms with Crippen molar-refractivity contribution in [3.05, 3.63) is 107 Å². The zero-order valence-corrected chi connectivity index (χ0v) is 27.1. The van der Waals surface area contributed by atoms with Crippen LogP contribution in [0.2, 0.25) is 0 Å². The summed E-state index contributed by atoms with van der Waals surface area (Å²) in [7, 11) is -2.12. The topological polar surface area (TPSA) is 77.1 Å². The van der Waals surface area contributed by atoms with Crippen molar-refractivity contribution in [3.63, 3.8) is 0 Å². The van der Waals surface area contributed by atoms with E-state index in [4.69, 9.17) is 18.5 Å². The maximum absolute atomic E-state index is 14.1. The first-order chi connectivity index (χ1) is 19.7. The number of benzene rings is 4. The third-order valence-electron chi connectivity index (χ3n) is 6.30. The van der Waals surface area contributed by atoms with E-state index in [1.165, 1.54) is 74.2 Å². The van der Waals surface area contributed by atoms with Crippen molar-refractivity contribution in [2.75, 3.05) is 14.2 Å². The third kappa shape index (κ3) is 6.17. The normalized spacial score (nSPS) is 13.4. The molecule has 0 atom stereocenters. The molecule has 0 N–H and O–H groups in total. The fourth-order valence-corrected chi connectivity index (χ4v) is 7.61. The standard InChI is InChI=1S/C30H21F2O6PS2.Na/c1-35-23-7-3-5-21-25(13-17-9-11-19(31)15-27(17)40-29(21)23)37-39(33,34)38-26-14-18-10-12-20(32)16-28(18)41-30-22(26)6-4-8-24(30)36-2;/h3-16H,1-2H3,(H,33,34);/q;+1/p-1. The fourth-order valence-electron chi connectivity index (χ4n) is 4.45. The van der Waals surface area contributed by atoms with Crippen LogP contribution in [0.3, 0.4) is 0 Å². The molecule has 4 aromatic rings. The Morgan fingerprint density at radius 3 is 1.52 bits per heavy atom. The summed E-state index contributed by atoms with van der Waals surface area (Å²) in [5.74, 6) is 0.0220. The van der Waals surface area contributed by atoms with E-state index in [9.17, 15) is 18.2 Å². The second kappa shape index (κ2) is 12.5. The molecular weight excluding hydrogens is 612 g/mol. The fraction of sp³-hybridized carbons (Fsp3) is 0.0667. The summed E-state index contributed by atoms with van der Waals surface area (Å²) in [5.41, 5.74) is 1.97. The van der Waals surface area contributed by atoms with Gasteiger partial charge in [0, 0.05) is 20.9 Å².